The normalized spacial score (nSPS) is 10.5. The highest BCUT2D eigenvalue weighted by Gasteiger charge is 2.14. The van der Waals surface area contributed by atoms with E-state index in [4.69, 9.17) is 16.0 Å². The van der Waals surface area contributed by atoms with Crippen LogP contribution in [-0.2, 0) is 0 Å². The van der Waals surface area contributed by atoms with Gasteiger partial charge in [-0.2, -0.15) is 0 Å². The predicted molar refractivity (Wildman–Crippen MR) is 83.5 cm³/mol. The highest BCUT2D eigenvalue weighted by atomic mass is 35.5. The molecule has 0 aliphatic rings. The number of rotatable bonds is 3. The number of amides is 1. The van der Waals surface area contributed by atoms with Gasteiger partial charge in [-0.3, -0.25) is 4.79 Å². The van der Waals surface area contributed by atoms with E-state index in [0.717, 1.165) is 0 Å². The molecule has 3 nitrogen and oxygen atoms in total. The summed E-state index contributed by atoms with van der Waals surface area (Å²) in [5.74, 6) is -0.404. The van der Waals surface area contributed by atoms with Crippen LogP contribution >= 0.6 is 11.6 Å². The fourth-order valence-electron chi connectivity index (χ4n) is 1.99. The third-order valence-corrected chi connectivity index (χ3v) is 3.32. The number of anilines is 1. The van der Waals surface area contributed by atoms with Crippen molar-refractivity contribution in [2.45, 2.75) is 0 Å². The maximum absolute atomic E-state index is 13.7. The molecule has 3 aromatic rings. The van der Waals surface area contributed by atoms with Crippen molar-refractivity contribution in [1.29, 1.82) is 0 Å². The summed E-state index contributed by atoms with van der Waals surface area (Å²) in [4.78, 5) is 12.1. The first-order chi connectivity index (χ1) is 10.6. The first-order valence-electron chi connectivity index (χ1n) is 6.55. The van der Waals surface area contributed by atoms with Crippen molar-refractivity contribution in [3.8, 4) is 11.3 Å². The van der Waals surface area contributed by atoms with Gasteiger partial charge in [-0.05, 0) is 48.5 Å². The lowest BCUT2D eigenvalue weighted by Crippen LogP contribution is -2.10. The molecule has 3 rings (SSSR count). The van der Waals surface area contributed by atoms with E-state index in [1.165, 1.54) is 12.1 Å². The van der Waals surface area contributed by atoms with E-state index < -0.39 is 11.7 Å². The number of carbonyl (C=O) groups excluding carboxylic acids is 1. The fraction of sp³-hybridized carbons (Fsp3) is 0. The molecule has 0 saturated heterocycles. The number of nitrogens with one attached hydrogen (secondary N) is 1. The molecule has 2 aromatic carbocycles. The second kappa shape index (κ2) is 6.03. The molecular formula is C17H11ClFNO2. The van der Waals surface area contributed by atoms with Gasteiger partial charge in [0.05, 0.1) is 5.56 Å². The van der Waals surface area contributed by atoms with E-state index in [-0.39, 0.29) is 5.76 Å². The zero-order valence-electron chi connectivity index (χ0n) is 11.3. The molecule has 0 saturated carbocycles. The van der Waals surface area contributed by atoms with Crippen molar-refractivity contribution in [3.63, 3.8) is 0 Å². The largest absolute Gasteiger partial charge is 0.451 e. The minimum atomic E-state index is -0.412. The maximum atomic E-state index is 13.7. The molecule has 1 aromatic heterocycles. The van der Waals surface area contributed by atoms with Crippen molar-refractivity contribution in [3.05, 3.63) is 77.3 Å². The Hall–Kier alpha value is -2.59. The smallest absolute Gasteiger partial charge is 0.291 e. The molecule has 1 heterocycles. The number of carbonyl (C=O) groups is 1. The third-order valence-electron chi connectivity index (χ3n) is 3.07. The molecule has 1 amide bonds. The zero-order chi connectivity index (χ0) is 15.5. The van der Waals surface area contributed by atoms with Crippen LogP contribution in [0.15, 0.2) is 65.1 Å². The van der Waals surface area contributed by atoms with E-state index in [0.29, 0.717) is 22.0 Å². The average Bonchev–Trinajstić information content (AvgIpc) is 3.00. The molecule has 0 aliphatic heterocycles. The minimum Gasteiger partial charge on any atom is -0.451 e. The van der Waals surface area contributed by atoms with Gasteiger partial charge in [-0.15, -0.1) is 0 Å². The first kappa shape index (κ1) is 14.4. The lowest BCUT2D eigenvalue weighted by atomic mass is 10.1. The SMILES string of the molecule is O=C(Nc1ccc(Cl)cc1)c1ccc(-c2ccccc2F)o1. The van der Waals surface area contributed by atoms with Crippen LogP contribution < -0.4 is 5.32 Å². The van der Waals surface area contributed by atoms with Crippen LogP contribution in [0, 0.1) is 5.82 Å². The zero-order valence-corrected chi connectivity index (χ0v) is 12.1. The molecule has 0 fully saturated rings. The summed E-state index contributed by atoms with van der Waals surface area (Å²) in [6.45, 7) is 0. The molecular weight excluding hydrogens is 305 g/mol. The molecule has 0 spiro atoms. The van der Waals surface area contributed by atoms with Gasteiger partial charge in [0.1, 0.15) is 11.6 Å². The molecule has 0 radical (unpaired) electrons. The highest BCUT2D eigenvalue weighted by molar-refractivity contribution is 6.30. The second-order valence-electron chi connectivity index (χ2n) is 4.60. The van der Waals surface area contributed by atoms with Gasteiger partial charge in [0.15, 0.2) is 5.76 Å². The first-order valence-corrected chi connectivity index (χ1v) is 6.93. The van der Waals surface area contributed by atoms with Crippen molar-refractivity contribution in [1.82, 2.24) is 0 Å². The Morgan fingerprint density at radius 3 is 2.45 bits per heavy atom. The number of furan rings is 1. The molecule has 0 unspecified atom stereocenters. The number of benzene rings is 2. The summed E-state index contributed by atoms with van der Waals surface area (Å²) >= 11 is 5.78. The summed E-state index contributed by atoms with van der Waals surface area (Å²) in [7, 11) is 0. The number of halogens is 2. The van der Waals surface area contributed by atoms with Crippen LogP contribution in [0.4, 0.5) is 10.1 Å². The monoisotopic (exact) mass is 315 g/mol. The van der Waals surface area contributed by atoms with Gasteiger partial charge in [0.25, 0.3) is 5.91 Å². The van der Waals surface area contributed by atoms with Crippen LogP contribution in [0.3, 0.4) is 0 Å². The highest BCUT2D eigenvalue weighted by Crippen LogP contribution is 2.25. The van der Waals surface area contributed by atoms with Crippen LogP contribution in [0.5, 0.6) is 0 Å². The Bertz CT molecular complexity index is 812. The molecule has 0 aliphatic carbocycles. The summed E-state index contributed by atoms with van der Waals surface area (Å²) in [5, 5.41) is 3.26. The van der Waals surface area contributed by atoms with Gasteiger partial charge >= 0.3 is 0 Å². The van der Waals surface area contributed by atoms with E-state index >= 15 is 0 Å². The van der Waals surface area contributed by atoms with Crippen molar-refractivity contribution in [2.24, 2.45) is 0 Å². The van der Waals surface area contributed by atoms with Crippen LogP contribution in [0.1, 0.15) is 10.6 Å². The van der Waals surface area contributed by atoms with Crippen LogP contribution in [-0.4, -0.2) is 5.91 Å². The maximum Gasteiger partial charge on any atom is 0.291 e. The van der Waals surface area contributed by atoms with Gasteiger partial charge in [0, 0.05) is 10.7 Å². The molecule has 5 heteroatoms. The van der Waals surface area contributed by atoms with Crippen molar-refractivity contribution < 1.29 is 13.6 Å². The predicted octanol–water partition coefficient (Wildman–Crippen LogP) is 4.99. The summed E-state index contributed by atoms with van der Waals surface area (Å²) in [6, 6.07) is 16.0. The second-order valence-corrected chi connectivity index (χ2v) is 5.04. The van der Waals surface area contributed by atoms with Crippen LogP contribution in [0.2, 0.25) is 5.02 Å². The number of hydrogen-bond acceptors (Lipinski definition) is 2. The van der Waals surface area contributed by atoms with E-state index in [2.05, 4.69) is 5.32 Å². The van der Waals surface area contributed by atoms with Crippen LogP contribution in [0.25, 0.3) is 11.3 Å². The molecule has 22 heavy (non-hydrogen) atoms. The molecule has 0 atom stereocenters. The summed E-state index contributed by atoms with van der Waals surface area (Å²) < 4.78 is 19.1. The lowest BCUT2D eigenvalue weighted by molar-refractivity contribution is 0.0997. The number of hydrogen-bond donors (Lipinski definition) is 1. The van der Waals surface area contributed by atoms with Gasteiger partial charge in [0.2, 0.25) is 0 Å². The van der Waals surface area contributed by atoms with Crippen molar-refractivity contribution in [2.75, 3.05) is 5.32 Å². The van der Waals surface area contributed by atoms with Crippen molar-refractivity contribution >= 4 is 23.2 Å². The molecule has 1 N–H and O–H groups in total. The topological polar surface area (TPSA) is 42.2 Å². The van der Waals surface area contributed by atoms with E-state index in [1.54, 1.807) is 48.5 Å². The Balaban J connectivity index is 1.80. The van der Waals surface area contributed by atoms with Gasteiger partial charge < -0.3 is 9.73 Å². The Morgan fingerprint density at radius 2 is 1.73 bits per heavy atom. The minimum absolute atomic E-state index is 0.105. The third kappa shape index (κ3) is 3.02. The van der Waals surface area contributed by atoms with E-state index in [1.807, 2.05) is 0 Å². The summed E-state index contributed by atoms with van der Waals surface area (Å²) in [5.41, 5.74) is 0.909. The fourth-order valence-corrected chi connectivity index (χ4v) is 2.12. The van der Waals surface area contributed by atoms with E-state index in [9.17, 15) is 9.18 Å². The lowest BCUT2D eigenvalue weighted by Gasteiger charge is -2.03. The molecule has 0 bridgehead atoms. The van der Waals surface area contributed by atoms with Gasteiger partial charge in [-0.1, -0.05) is 23.7 Å². The Labute approximate surface area is 131 Å². The quantitative estimate of drug-likeness (QED) is 0.739. The Kier molecular flexibility index (Phi) is 3.94. The van der Waals surface area contributed by atoms with Gasteiger partial charge in [-0.25, -0.2) is 4.39 Å². The standard InChI is InChI=1S/C17H11ClFNO2/c18-11-5-7-12(8-6-11)20-17(21)16-10-9-15(22-16)13-3-1-2-4-14(13)19/h1-10H,(H,20,21). The average molecular weight is 316 g/mol. The summed E-state index contributed by atoms with van der Waals surface area (Å²) in [6.07, 6.45) is 0. The molecule has 110 valence electrons. The Morgan fingerprint density at radius 1 is 1.00 bits per heavy atom.